The van der Waals surface area contributed by atoms with Gasteiger partial charge in [0.1, 0.15) is 11.4 Å². The number of hydrogen-bond donors (Lipinski definition) is 0. The highest BCUT2D eigenvalue weighted by molar-refractivity contribution is 7.98. The van der Waals surface area contributed by atoms with E-state index in [9.17, 15) is 13.8 Å². The lowest BCUT2D eigenvalue weighted by atomic mass is 10.1. The number of aromatic nitrogens is 2. The largest absolute Gasteiger partial charge is 0.493 e. The van der Waals surface area contributed by atoms with Gasteiger partial charge in [0, 0.05) is 64.4 Å². The summed E-state index contributed by atoms with van der Waals surface area (Å²) in [5.74, 6) is 4.46. The van der Waals surface area contributed by atoms with Crippen LogP contribution in [-0.2, 0) is 33.6 Å². The summed E-state index contributed by atoms with van der Waals surface area (Å²) in [6.45, 7) is 9.85. The Hall–Kier alpha value is -5.02. The SMILES string of the molecule is COc1ccc(/C(Cn2c(C)cc(=O)cc2C)=N/OCS(C)=O)cc1OCC1CC1.COc1ccc(/C(Cn2c(C)cc(=O)cc2C)=N/OCSC)cc1OCC1CC1. The van der Waals surface area contributed by atoms with Gasteiger partial charge in [0.05, 0.1) is 51.3 Å². The highest BCUT2D eigenvalue weighted by Gasteiger charge is 2.24. The van der Waals surface area contributed by atoms with Gasteiger partial charge >= 0.3 is 0 Å². The monoisotopic (exact) mass is 848 g/mol. The van der Waals surface area contributed by atoms with Gasteiger partial charge in [-0.15, -0.1) is 11.8 Å². The summed E-state index contributed by atoms with van der Waals surface area (Å²) in [6, 6.07) is 17.9. The standard InChI is InChI=1S/C22H28N2O5S.C22H28N2O4S/c1-15-9-19(25)10-16(2)24(15)12-20(23-29-14-30(4)26)18-7-8-21(27-3)22(11-18)28-13-17-5-6-17;1-15-9-19(25)10-16(2)24(15)12-20(23-28-14-29-4)18-7-8-21(26-3)22(11-18)27-13-17-5-6-17/h7-11,17H,5-6,12-14H2,1-4H3;7-11,17H,5-6,12-14H2,1-4H3/b2*23-20+. The van der Waals surface area contributed by atoms with Crippen LogP contribution in [0.25, 0.3) is 0 Å². The minimum absolute atomic E-state index is 0.00677. The summed E-state index contributed by atoms with van der Waals surface area (Å²) >= 11 is 1.56. The quantitative estimate of drug-likeness (QED) is 0.0394. The van der Waals surface area contributed by atoms with Gasteiger partial charge < -0.3 is 37.8 Å². The zero-order valence-electron chi connectivity index (χ0n) is 35.3. The number of methoxy groups -OCH3 is 2. The lowest BCUT2D eigenvalue weighted by Crippen LogP contribution is -2.19. The third-order valence-electron chi connectivity index (χ3n) is 9.80. The van der Waals surface area contributed by atoms with Crippen molar-refractivity contribution in [2.45, 2.75) is 66.5 Å². The maximum Gasteiger partial charge on any atom is 0.191 e. The summed E-state index contributed by atoms with van der Waals surface area (Å²) in [5.41, 5.74) is 6.48. The lowest BCUT2D eigenvalue weighted by Gasteiger charge is -2.17. The molecule has 4 aromatic rings. The maximum atomic E-state index is 11.8. The van der Waals surface area contributed by atoms with E-state index in [4.69, 9.17) is 28.6 Å². The predicted octanol–water partition coefficient (Wildman–Crippen LogP) is 7.02. The second kappa shape index (κ2) is 21.8. The fourth-order valence-corrected chi connectivity index (χ4v) is 6.54. The molecular weight excluding hydrogens is 793 g/mol. The van der Waals surface area contributed by atoms with Gasteiger partial charge in [0.15, 0.2) is 45.7 Å². The molecule has 13 nitrogen and oxygen atoms in total. The average molecular weight is 849 g/mol. The van der Waals surface area contributed by atoms with Crippen molar-refractivity contribution in [3.05, 3.63) is 115 Å². The van der Waals surface area contributed by atoms with Gasteiger partial charge in [-0.25, -0.2) is 0 Å². The van der Waals surface area contributed by atoms with Crippen LogP contribution in [0.3, 0.4) is 0 Å². The van der Waals surface area contributed by atoms with E-state index in [-0.39, 0.29) is 16.8 Å². The Kier molecular flexibility index (Phi) is 16.7. The Labute approximate surface area is 353 Å². The zero-order chi connectivity index (χ0) is 42.5. The first-order chi connectivity index (χ1) is 28.4. The Bertz CT molecular complexity index is 2210. The van der Waals surface area contributed by atoms with Gasteiger partial charge in [0.2, 0.25) is 0 Å². The van der Waals surface area contributed by atoms with E-state index >= 15 is 0 Å². The van der Waals surface area contributed by atoms with E-state index in [2.05, 4.69) is 14.9 Å². The van der Waals surface area contributed by atoms with Crippen LogP contribution in [-0.4, -0.2) is 76.6 Å². The molecule has 0 radical (unpaired) electrons. The number of oxime groups is 2. The molecule has 2 heterocycles. The molecule has 318 valence electrons. The van der Waals surface area contributed by atoms with E-state index in [1.807, 2.05) is 74.9 Å². The molecule has 2 aliphatic carbocycles. The molecule has 0 aliphatic heterocycles. The topological polar surface area (TPSA) is 141 Å². The number of thioether (sulfide) groups is 1. The minimum Gasteiger partial charge on any atom is -0.493 e. The molecule has 2 aromatic carbocycles. The van der Waals surface area contributed by atoms with Crippen LogP contribution >= 0.6 is 11.8 Å². The molecule has 0 saturated heterocycles. The second-order valence-electron chi connectivity index (χ2n) is 14.8. The summed E-state index contributed by atoms with van der Waals surface area (Å²) in [7, 11) is 2.12. The summed E-state index contributed by atoms with van der Waals surface area (Å²) in [5, 5.41) is 8.65. The lowest BCUT2D eigenvalue weighted by molar-refractivity contribution is 0.193. The molecule has 0 spiro atoms. The summed E-state index contributed by atoms with van der Waals surface area (Å²) in [6.07, 6.45) is 8.36. The normalized spacial score (nSPS) is 14.5. The first-order valence-electron chi connectivity index (χ1n) is 19.5. The predicted molar refractivity (Wildman–Crippen MR) is 235 cm³/mol. The highest BCUT2D eigenvalue weighted by Crippen LogP contribution is 2.35. The molecule has 0 N–H and O–H groups in total. The van der Waals surface area contributed by atoms with E-state index in [0.29, 0.717) is 72.8 Å². The van der Waals surface area contributed by atoms with Crippen LogP contribution in [0.15, 0.2) is 80.6 Å². The third kappa shape index (κ3) is 13.8. The molecule has 15 heteroatoms. The van der Waals surface area contributed by atoms with Gasteiger partial charge in [0.25, 0.3) is 0 Å². The first-order valence-corrected chi connectivity index (χ1v) is 22.7. The number of nitrogens with zero attached hydrogens (tertiary/aromatic N) is 4. The number of pyridine rings is 2. The van der Waals surface area contributed by atoms with Crippen molar-refractivity contribution >= 4 is 34.0 Å². The van der Waals surface area contributed by atoms with Crippen molar-refractivity contribution in [1.82, 2.24) is 9.13 Å². The molecule has 1 unspecified atom stereocenters. The third-order valence-corrected chi connectivity index (χ3v) is 10.6. The van der Waals surface area contributed by atoms with E-state index in [1.165, 1.54) is 25.7 Å². The van der Waals surface area contributed by atoms with Crippen molar-refractivity contribution in [3.63, 3.8) is 0 Å². The Morgan fingerprint density at radius 2 is 1.07 bits per heavy atom. The molecule has 0 bridgehead atoms. The molecule has 2 saturated carbocycles. The van der Waals surface area contributed by atoms with Crippen molar-refractivity contribution < 1.29 is 32.8 Å². The van der Waals surface area contributed by atoms with Gasteiger partial charge in [-0.3, -0.25) is 13.8 Å². The molecule has 2 aliphatic rings. The van der Waals surface area contributed by atoms with Crippen LogP contribution in [0.2, 0.25) is 0 Å². The average Bonchev–Trinajstić information content (AvgIpc) is 4.14. The van der Waals surface area contributed by atoms with Crippen molar-refractivity contribution in [2.75, 3.05) is 51.8 Å². The molecule has 0 amide bonds. The maximum absolute atomic E-state index is 11.8. The number of rotatable bonds is 20. The number of benzene rings is 2. The zero-order valence-corrected chi connectivity index (χ0v) is 36.9. The Morgan fingerprint density at radius 1 is 0.661 bits per heavy atom. The van der Waals surface area contributed by atoms with Crippen LogP contribution < -0.4 is 29.8 Å². The van der Waals surface area contributed by atoms with Crippen molar-refractivity contribution in [2.24, 2.45) is 22.1 Å². The van der Waals surface area contributed by atoms with E-state index in [1.54, 1.807) is 56.5 Å². The van der Waals surface area contributed by atoms with Crippen molar-refractivity contribution in [1.29, 1.82) is 0 Å². The first kappa shape index (κ1) is 45.1. The fourth-order valence-electron chi connectivity index (χ4n) is 6.18. The van der Waals surface area contributed by atoms with E-state index in [0.717, 1.165) is 39.6 Å². The summed E-state index contributed by atoms with van der Waals surface area (Å²) < 4.78 is 38.3. The van der Waals surface area contributed by atoms with E-state index < -0.39 is 10.8 Å². The van der Waals surface area contributed by atoms with Gasteiger partial charge in [-0.05, 0) is 108 Å². The molecular formula is C44H56N4O9S2. The van der Waals surface area contributed by atoms with Crippen LogP contribution in [0.4, 0.5) is 0 Å². The van der Waals surface area contributed by atoms with Crippen LogP contribution in [0.5, 0.6) is 23.0 Å². The number of hydrogen-bond acceptors (Lipinski definition) is 12. The molecule has 1 atom stereocenters. The van der Waals surface area contributed by atoms with Crippen molar-refractivity contribution in [3.8, 4) is 23.0 Å². The highest BCUT2D eigenvalue weighted by atomic mass is 32.2. The van der Waals surface area contributed by atoms with Crippen LogP contribution in [0, 0.1) is 39.5 Å². The van der Waals surface area contributed by atoms with Gasteiger partial charge in [-0.2, -0.15) is 0 Å². The Balaban J connectivity index is 0.000000224. The molecule has 2 fully saturated rings. The number of ether oxygens (including phenoxy) is 4. The molecule has 2 aromatic heterocycles. The van der Waals surface area contributed by atoms with Crippen LogP contribution in [0.1, 0.15) is 59.6 Å². The molecule has 59 heavy (non-hydrogen) atoms. The fraction of sp³-hybridized carbons (Fsp3) is 0.455. The smallest absolute Gasteiger partial charge is 0.191 e. The Morgan fingerprint density at radius 3 is 1.42 bits per heavy atom. The second-order valence-corrected chi connectivity index (χ2v) is 17.0. The number of aryl methyl sites for hydroxylation is 4. The molecule has 6 rings (SSSR count). The summed E-state index contributed by atoms with van der Waals surface area (Å²) in [4.78, 5) is 34.4. The minimum atomic E-state index is -1.13. The van der Waals surface area contributed by atoms with Gasteiger partial charge in [-0.1, -0.05) is 10.3 Å².